The van der Waals surface area contributed by atoms with Crippen molar-refractivity contribution in [2.24, 2.45) is 0 Å². The summed E-state index contributed by atoms with van der Waals surface area (Å²) in [6.45, 7) is -0.0995. The van der Waals surface area contributed by atoms with Crippen molar-refractivity contribution in [3.8, 4) is 0 Å². The molecule has 10 heteroatoms. The van der Waals surface area contributed by atoms with Crippen LogP contribution in [0.5, 0.6) is 0 Å². The molecule has 0 radical (unpaired) electrons. The molecule has 136 valence electrons. The monoisotopic (exact) mass is 362 g/mol. The average molecular weight is 362 g/mol. The minimum absolute atomic E-state index is 0.376. The second-order valence-corrected chi connectivity index (χ2v) is 5.29. The molecule has 0 aliphatic carbocycles. The molecule has 0 heterocycles. The molecule has 1 aromatic carbocycles. The van der Waals surface area contributed by atoms with Crippen molar-refractivity contribution in [1.29, 1.82) is 0 Å². The molecule has 1 atom stereocenters. The van der Waals surface area contributed by atoms with Crippen LogP contribution < -0.4 is 0 Å². The topological polar surface area (TPSA) is 46.5 Å². The van der Waals surface area contributed by atoms with Crippen molar-refractivity contribution < 1.29 is 45.4 Å². The summed E-state index contributed by atoms with van der Waals surface area (Å²) in [6.07, 6.45) is -9.00. The molecule has 0 aliphatic heterocycles. The van der Waals surface area contributed by atoms with E-state index in [-0.39, 0.29) is 0 Å². The Balaban J connectivity index is 2.82. The highest BCUT2D eigenvalue weighted by Crippen LogP contribution is 2.49. The maximum absolute atomic E-state index is 13.3. The van der Waals surface area contributed by atoms with E-state index in [0.717, 1.165) is 0 Å². The van der Waals surface area contributed by atoms with E-state index in [1.165, 1.54) is 12.1 Å². The number of ether oxygens (including phenoxy) is 1. The molecule has 1 unspecified atom stereocenters. The number of carbonyl (C=O) groups is 1. The SMILES string of the molecule is CC(O)(CC(F)(F)C(F)(F)C(F)(F)F)C(=O)OCc1ccccc1. The van der Waals surface area contributed by atoms with Gasteiger partial charge in [-0.3, -0.25) is 0 Å². The molecule has 0 saturated carbocycles. The van der Waals surface area contributed by atoms with Crippen LogP contribution in [0.15, 0.2) is 30.3 Å². The average Bonchev–Trinajstić information content (AvgIpc) is 2.43. The number of esters is 1. The number of alkyl halides is 7. The molecule has 1 N–H and O–H groups in total. The van der Waals surface area contributed by atoms with Crippen LogP contribution in [0.3, 0.4) is 0 Å². The van der Waals surface area contributed by atoms with Crippen LogP contribution in [-0.2, 0) is 16.1 Å². The summed E-state index contributed by atoms with van der Waals surface area (Å²) in [6, 6.07) is 7.70. The fourth-order valence-corrected chi connectivity index (χ4v) is 1.70. The Morgan fingerprint density at radius 3 is 2.00 bits per heavy atom. The van der Waals surface area contributed by atoms with Crippen LogP contribution in [0.4, 0.5) is 30.7 Å². The summed E-state index contributed by atoms with van der Waals surface area (Å²) in [5, 5.41) is 9.57. The first-order chi connectivity index (χ1) is 10.7. The molecule has 0 aliphatic rings. The van der Waals surface area contributed by atoms with Crippen molar-refractivity contribution in [2.45, 2.75) is 43.6 Å². The van der Waals surface area contributed by atoms with Crippen LogP contribution >= 0.6 is 0 Å². The van der Waals surface area contributed by atoms with Gasteiger partial charge in [0.2, 0.25) is 0 Å². The third-order valence-electron chi connectivity index (χ3n) is 3.03. The van der Waals surface area contributed by atoms with E-state index in [2.05, 4.69) is 4.74 Å². The highest BCUT2D eigenvalue weighted by molar-refractivity contribution is 5.78. The number of halogens is 7. The van der Waals surface area contributed by atoms with Crippen molar-refractivity contribution >= 4 is 5.97 Å². The summed E-state index contributed by atoms with van der Waals surface area (Å²) in [4.78, 5) is 11.6. The standard InChI is InChI=1S/C14H13F7O3/c1-11(23,8-12(15,16)13(17,18)14(19,20)21)10(22)24-7-9-5-3-2-4-6-9/h2-6,23H,7-8H2,1H3. The van der Waals surface area contributed by atoms with Crippen molar-refractivity contribution in [2.75, 3.05) is 0 Å². The molecular weight excluding hydrogens is 349 g/mol. The first-order valence-corrected chi connectivity index (χ1v) is 6.46. The van der Waals surface area contributed by atoms with Gasteiger partial charge in [0, 0.05) is 0 Å². The highest BCUT2D eigenvalue weighted by atomic mass is 19.4. The predicted molar refractivity (Wildman–Crippen MR) is 67.4 cm³/mol. The van der Waals surface area contributed by atoms with Gasteiger partial charge in [0.05, 0.1) is 6.42 Å². The van der Waals surface area contributed by atoms with E-state index >= 15 is 0 Å². The maximum Gasteiger partial charge on any atom is 0.459 e. The maximum atomic E-state index is 13.3. The Bertz CT molecular complexity index is 567. The molecule has 3 nitrogen and oxygen atoms in total. The van der Waals surface area contributed by atoms with Crippen molar-refractivity contribution in [1.82, 2.24) is 0 Å². The Hall–Kier alpha value is -1.84. The first-order valence-electron chi connectivity index (χ1n) is 6.46. The molecule has 24 heavy (non-hydrogen) atoms. The second-order valence-electron chi connectivity index (χ2n) is 5.29. The summed E-state index contributed by atoms with van der Waals surface area (Å²) < 4.78 is 92.8. The van der Waals surface area contributed by atoms with E-state index in [1.54, 1.807) is 18.2 Å². The lowest BCUT2D eigenvalue weighted by molar-refractivity contribution is -0.360. The first kappa shape index (κ1) is 20.2. The van der Waals surface area contributed by atoms with Gasteiger partial charge < -0.3 is 9.84 Å². The number of rotatable bonds is 6. The van der Waals surface area contributed by atoms with Gasteiger partial charge >= 0.3 is 24.0 Å². The Morgan fingerprint density at radius 2 is 1.54 bits per heavy atom. The third kappa shape index (κ3) is 4.37. The number of benzene rings is 1. The number of aliphatic hydroxyl groups is 1. The fourth-order valence-electron chi connectivity index (χ4n) is 1.70. The second kappa shape index (κ2) is 6.58. The molecule has 0 saturated heterocycles. The van der Waals surface area contributed by atoms with Gasteiger partial charge in [0.15, 0.2) is 5.60 Å². The highest BCUT2D eigenvalue weighted by Gasteiger charge is 2.74. The van der Waals surface area contributed by atoms with Crippen LogP contribution in [0, 0.1) is 0 Å². The lowest BCUT2D eigenvalue weighted by Crippen LogP contribution is -2.56. The summed E-state index contributed by atoms with van der Waals surface area (Å²) >= 11 is 0. The molecular formula is C14H13F7O3. The Morgan fingerprint density at radius 1 is 1.04 bits per heavy atom. The van der Waals surface area contributed by atoms with Gasteiger partial charge in [0.25, 0.3) is 0 Å². The molecule has 1 aromatic rings. The minimum Gasteiger partial charge on any atom is -0.459 e. The lowest BCUT2D eigenvalue weighted by Gasteiger charge is -2.32. The van der Waals surface area contributed by atoms with E-state index in [1.807, 2.05) is 0 Å². The molecule has 0 fully saturated rings. The van der Waals surface area contributed by atoms with Gasteiger partial charge in [-0.15, -0.1) is 0 Å². The van der Waals surface area contributed by atoms with Gasteiger partial charge in [-0.25, -0.2) is 4.79 Å². The van der Waals surface area contributed by atoms with Crippen LogP contribution in [0.2, 0.25) is 0 Å². The largest absolute Gasteiger partial charge is 0.459 e. The van der Waals surface area contributed by atoms with E-state index < -0.39 is 42.6 Å². The van der Waals surface area contributed by atoms with Gasteiger partial charge in [-0.05, 0) is 12.5 Å². The van der Waals surface area contributed by atoms with E-state index in [4.69, 9.17) is 0 Å². The normalized spacial score (nSPS) is 15.7. The van der Waals surface area contributed by atoms with Gasteiger partial charge in [0.1, 0.15) is 6.61 Å². The quantitative estimate of drug-likeness (QED) is 0.620. The molecule has 0 spiro atoms. The van der Waals surface area contributed by atoms with E-state index in [0.29, 0.717) is 12.5 Å². The lowest BCUT2D eigenvalue weighted by atomic mass is 9.94. The van der Waals surface area contributed by atoms with Crippen molar-refractivity contribution in [3.63, 3.8) is 0 Å². The zero-order valence-electron chi connectivity index (χ0n) is 12.2. The number of hydrogen-bond acceptors (Lipinski definition) is 3. The van der Waals surface area contributed by atoms with Crippen LogP contribution in [0.1, 0.15) is 18.9 Å². The number of hydrogen-bond donors (Lipinski definition) is 1. The molecule has 0 amide bonds. The van der Waals surface area contributed by atoms with Crippen LogP contribution in [0.25, 0.3) is 0 Å². The van der Waals surface area contributed by atoms with Gasteiger partial charge in [-0.2, -0.15) is 30.7 Å². The van der Waals surface area contributed by atoms with Crippen LogP contribution in [-0.4, -0.2) is 34.7 Å². The van der Waals surface area contributed by atoms with Crippen molar-refractivity contribution in [3.05, 3.63) is 35.9 Å². The molecule has 1 rings (SSSR count). The predicted octanol–water partition coefficient (Wildman–Crippen LogP) is 3.70. The molecule has 0 bridgehead atoms. The number of carbonyl (C=O) groups excluding carboxylic acids is 1. The fraction of sp³-hybridized carbons (Fsp3) is 0.500. The van der Waals surface area contributed by atoms with E-state index in [9.17, 15) is 40.6 Å². The summed E-state index contributed by atoms with van der Waals surface area (Å²) in [5.74, 6) is -13.9. The third-order valence-corrected chi connectivity index (χ3v) is 3.03. The minimum atomic E-state index is -6.54. The smallest absolute Gasteiger partial charge is 0.459 e. The zero-order valence-corrected chi connectivity index (χ0v) is 12.2. The van der Waals surface area contributed by atoms with Gasteiger partial charge in [-0.1, -0.05) is 30.3 Å². The Labute approximate surface area is 132 Å². The zero-order chi connectivity index (χ0) is 18.8. The summed E-state index contributed by atoms with van der Waals surface area (Å²) in [5.41, 5.74) is -2.85. The Kier molecular flexibility index (Phi) is 5.54. The summed E-state index contributed by atoms with van der Waals surface area (Å²) in [7, 11) is 0. The molecule has 0 aromatic heterocycles.